The van der Waals surface area contributed by atoms with E-state index in [0.717, 1.165) is 6.42 Å². The molecule has 0 fully saturated rings. The highest BCUT2D eigenvalue weighted by atomic mass is 15.3. The van der Waals surface area contributed by atoms with Crippen LogP contribution in [0.1, 0.15) is 13.3 Å². The van der Waals surface area contributed by atoms with Crippen molar-refractivity contribution in [2.45, 2.75) is 19.5 Å². The summed E-state index contributed by atoms with van der Waals surface area (Å²) in [4.78, 5) is 2.45. The van der Waals surface area contributed by atoms with Crippen LogP contribution in [0.2, 0.25) is 0 Å². The van der Waals surface area contributed by atoms with Crippen molar-refractivity contribution in [1.82, 2.24) is 0 Å². The summed E-state index contributed by atoms with van der Waals surface area (Å²) in [5, 5.41) is 8.84. The standard InChI is InChI=1S/C35H28N2/c1-2-33-36-31-21-10-11-22-32(31)37(33)26-16-12-15-25(23-26)35-29-19-8-6-17-27(29)34(24-13-4-3-5-14-24)28-18-7-9-20-30(28)35/h3-23,33,36H,2H2,1H3. The molecule has 1 aliphatic rings. The van der Waals surface area contributed by atoms with Gasteiger partial charge in [0.15, 0.2) is 0 Å². The molecule has 178 valence electrons. The first-order valence-corrected chi connectivity index (χ1v) is 13.1. The highest BCUT2D eigenvalue weighted by Crippen LogP contribution is 2.46. The van der Waals surface area contributed by atoms with Gasteiger partial charge in [0.05, 0.1) is 11.4 Å². The largest absolute Gasteiger partial charge is 0.363 e. The van der Waals surface area contributed by atoms with Crippen LogP contribution in [0.3, 0.4) is 0 Å². The van der Waals surface area contributed by atoms with Crippen LogP contribution in [0.5, 0.6) is 0 Å². The molecular formula is C35H28N2. The van der Waals surface area contributed by atoms with Gasteiger partial charge in [-0.15, -0.1) is 0 Å². The molecule has 1 unspecified atom stereocenters. The molecule has 2 nitrogen and oxygen atoms in total. The molecule has 1 heterocycles. The summed E-state index contributed by atoms with van der Waals surface area (Å²) in [5.74, 6) is 0. The summed E-state index contributed by atoms with van der Waals surface area (Å²) < 4.78 is 0. The Balaban J connectivity index is 1.49. The SMILES string of the molecule is CCC1Nc2ccccc2N1c1cccc(-c2c3ccccc3c(-c3ccccc3)c3ccccc23)c1. The molecule has 0 bridgehead atoms. The zero-order chi connectivity index (χ0) is 24.8. The van der Waals surface area contributed by atoms with Crippen molar-refractivity contribution in [3.63, 3.8) is 0 Å². The minimum atomic E-state index is 0.238. The van der Waals surface area contributed by atoms with Crippen molar-refractivity contribution in [2.24, 2.45) is 0 Å². The van der Waals surface area contributed by atoms with Crippen LogP contribution >= 0.6 is 0 Å². The van der Waals surface area contributed by atoms with Gasteiger partial charge < -0.3 is 10.2 Å². The van der Waals surface area contributed by atoms with Crippen molar-refractivity contribution >= 4 is 38.6 Å². The summed E-state index contributed by atoms with van der Waals surface area (Å²) >= 11 is 0. The normalized spacial score (nSPS) is 14.6. The average molecular weight is 477 g/mol. The molecule has 1 aliphatic heterocycles. The summed E-state index contributed by atoms with van der Waals surface area (Å²) in [6.07, 6.45) is 1.25. The molecule has 1 atom stereocenters. The fraction of sp³-hybridized carbons (Fsp3) is 0.0857. The van der Waals surface area contributed by atoms with Crippen LogP contribution in [0.25, 0.3) is 43.8 Å². The van der Waals surface area contributed by atoms with E-state index in [1.54, 1.807) is 0 Å². The van der Waals surface area contributed by atoms with Crippen molar-refractivity contribution < 1.29 is 0 Å². The smallest absolute Gasteiger partial charge is 0.104 e. The van der Waals surface area contributed by atoms with E-state index < -0.39 is 0 Å². The molecule has 0 radical (unpaired) electrons. The topological polar surface area (TPSA) is 15.3 Å². The lowest BCUT2D eigenvalue weighted by Gasteiger charge is -2.27. The Morgan fingerprint density at radius 2 is 1.11 bits per heavy atom. The molecule has 7 rings (SSSR count). The van der Waals surface area contributed by atoms with Gasteiger partial charge in [0.1, 0.15) is 6.17 Å². The lowest BCUT2D eigenvalue weighted by atomic mass is 9.86. The summed E-state index contributed by atoms with van der Waals surface area (Å²) in [6.45, 7) is 2.24. The Kier molecular flexibility index (Phi) is 5.18. The highest BCUT2D eigenvalue weighted by Gasteiger charge is 2.28. The van der Waals surface area contributed by atoms with Gasteiger partial charge in [0.25, 0.3) is 0 Å². The predicted molar refractivity (Wildman–Crippen MR) is 159 cm³/mol. The van der Waals surface area contributed by atoms with E-state index in [9.17, 15) is 0 Å². The quantitative estimate of drug-likeness (QED) is 0.255. The maximum Gasteiger partial charge on any atom is 0.104 e. The number of anilines is 3. The van der Waals surface area contributed by atoms with Gasteiger partial charge in [-0.1, -0.05) is 110 Å². The molecule has 0 saturated carbocycles. The predicted octanol–water partition coefficient (Wildman–Crippen LogP) is 9.63. The first kappa shape index (κ1) is 21.7. The second-order valence-corrected chi connectivity index (χ2v) is 9.71. The Morgan fingerprint density at radius 3 is 1.76 bits per heavy atom. The number of benzene rings is 6. The number of nitrogens with one attached hydrogen (secondary N) is 1. The van der Waals surface area contributed by atoms with E-state index in [1.165, 1.54) is 60.9 Å². The molecule has 0 saturated heterocycles. The molecular weight excluding hydrogens is 448 g/mol. The molecule has 0 aromatic heterocycles. The van der Waals surface area contributed by atoms with Gasteiger partial charge in [-0.25, -0.2) is 0 Å². The highest BCUT2D eigenvalue weighted by molar-refractivity contribution is 6.21. The molecule has 1 N–H and O–H groups in total. The molecule has 2 heteroatoms. The molecule has 6 aromatic rings. The van der Waals surface area contributed by atoms with Crippen LogP contribution in [0, 0.1) is 0 Å². The maximum absolute atomic E-state index is 3.70. The third kappa shape index (κ3) is 3.48. The number of rotatable bonds is 4. The molecule has 0 spiro atoms. The third-order valence-corrected chi connectivity index (χ3v) is 7.59. The zero-order valence-corrected chi connectivity index (χ0v) is 20.9. The summed E-state index contributed by atoms with van der Waals surface area (Å²) in [5.41, 5.74) is 8.73. The Labute approximate surface area is 217 Å². The van der Waals surface area contributed by atoms with E-state index in [4.69, 9.17) is 0 Å². The van der Waals surface area contributed by atoms with Crippen LogP contribution in [0.15, 0.2) is 127 Å². The Bertz CT molecular complexity index is 1700. The van der Waals surface area contributed by atoms with Crippen LogP contribution < -0.4 is 10.2 Å². The number of hydrogen-bond acceptors (Lipinski definition) is 2. The van der Waals surface area contributed by atoms with Gasteiger partial charge in [0, 0.05) is 5.69 Å². The summed E-state index contributed by atoms with van der Waals surface area (Å²) in [7, 11) is 0. The zero-order valence-electron chi connectivity index (χ0n) is 20.9. The van der Waals surface area contributed by atoms with Gasteiger partial charge in [-0.2, -0.15) is 0 Å². The first-order chi connectivity index (χ1) is 18.3. The lowest BCUT2D eigenvalue weighted by molar-refractivity contribution is 0.728. The fourth-order valence-corrected chi connectivity index (χ4v) is 5.99. The van der Waals surface area contributed by atoms with Crippen molar-refractivity contribution in [3.8, 4) is 22.3 Å². The van der Waals surface area contributed by atoms with Gasteiger partial charge in [0.2, 0.25) is 0 Å². The first-order valence-electron chi connectivity index (χ1n) is 13.1. The number of para-hydroxylation sites is 2. The second-order valence-electron chi connectivity index (χ2n) is 9.71. The van der Waals surface area contributed by atoms with Gasteiger partial charge >= 0.3 is 0 Å². The lowest BCUT2D eigenvalue weighted by Crippen LogP contribution is -2.30. The third-order valence-electron chi connectivity index (χ3n) is 7.59. The summed E-state index contributed by atoms with van der Waals surface area (Å²) in [6, 6.07) is 46.2. The van der Waals surface area contributed by atoms with E-state index >= 15 is 0 Å². The van der Waals surface area contributed by atoms with Gasteiger partial charge in [-0.05, 0) is 74.5 Å². The second kappa shape index (κ2) is 8.83. The van der Waals surface area contributed by atoms with E-state index in [2.05, 4.69) is 145 Å². The molecule has 37 heavy (non-hydrogen) atoms. The minimum Gasteiger partial charge on any atom is -0.363 e. The van der Waals surface area contributed by atoms with E-state index in [0.29, 0.717) is 0 Å². The number of fused-ring (bicyclic) bond motifs is 3. The molecule has 0 aliphatic carbocycles. The number of nitrogens with zero attached hydrogens (tertiary/aromatic N) is 1. The minimum absolute atomic E-state index is 0.238. The van der Waals surface area contributed by atoms with E-state index in [-0.39, 0.29) is 6.17 Å². The Morgan fingerprint density at radius 1 is 0.568 bits per heavy atom. The molecule has 0 amide bonds. The van der Waals surface area contributed by atoms with Crippen molar-refractivity contribution in [3.05, 3.63) is 127 Å². The maximum atomic E-state index is 3.70. The van der Waals surface area contributed by atoms with Crippen LogP contribution in [-0.2, 0) is 0 Å². The monoisotopic (exact) mass is 476 g/mol. The van der Waals surface area contributed by atoms with Crippen molar-refractivity contribution in [2.75, 3.05) is 10.2 Å². The Hall–Kier alpha value is -4.56. The molecule has 6 aromatic carbocycles. The van der Waals surface area contributed by atoms with E-state index in [1.807, 2.05) is 0 Å². The average Bonchev–Trinajstić information content (AvgIpc) is 3.35. The van der Waals surface area contributed by atoms with Crippen molar-refractivity contribution in [1.29, 1.82) is 0 Å². The van der Waals surface area contributed by atoms with Crippen LogP contribution in [-0.4, -0.2) is 6.17 Å². The fourth-order valence-electron chi connectivity index (χ4n) is 5.99. The van der Waals surface area contributed by atoms with Gasteiger partial charge in [-0.3, -0.25) is 0 Å². The van der Waals surface area contributed by atoms with Crippen LogP contribution in [0.4, 0.5) is 17.1 Å². The number of hydrogen-bond donors (Lipinski definition) is 1.